The molecule has 0 radical (unpaired) electrons. The van der Waals surface area contributed by atoms with Crippen LogP contribution < -0.4 is 11.1 Å². The van der Waals surface area contributed by atoms with Crippen LogP contribution in [-0.4, -0.2) is 23.0 Å². The number of aryl methyl sites for hydroxylation is 1. The molecule has 1 rings (SSSR count). The minimum Gasteiger partial charge on any atom is -0.364 e. The molecule has 1 aromatic heterocycles. The second-order valence-electron chi connectivity index (χ2n) is 3.50. The Bertz CT molecular complexity index is 368. The molecule has 0 bridgehead atoms. The monoisotopic (exact) mass is 224 g/mol. The maximum absolute atomic E-state index is 10.7. The Kier molecular flexibility index (Phi) is 4.65. The van der Waals surface area contributed by atoms with E-state index in [0.29, 0.717) is 18.9 Å². The number of nitrogens with zero attached hydrogens (tertiary/aromatic N) is 2. The van der Waals surface area contributed by atoms with Crippen molar-refractivity contribution in [3.05, 3.63) is 27.9 Å². The molecule has 6 heteroatoms. The molecule has 0 aliphatic rings. The predicted octanol–water partition coefficient (Wildman–Crippen LogP) is 1.45. The standard InChI is InChI=1S/C10H16N4O2/c1-8-4-5-9(14(15)16)10(13-8)12-7-3-2-6-11/h4-5H,2-3,6-7,11H2,1H3,(H,12,13). The topological polar surface area (TPSA) is 94.1 Å². The lowest BCUT2D eigenvalue weighted by Crippen LogP contribution is -2.08. The molecule has 0 unspecified atom stereocenters. The van der Waals surface area contributed by atoms with E-state index >= 15 is 0 Å². The van der Waals surface area contributed by atoms with E-state index in [1.54, 1.807) is 13.0 Å². The zero-order chi connectivity index (χ0) is 12.0. The van der Waals surface area contributed by atoms with Crippen LogP contribution >= 0.6 is 0 Å². The number of nitro groups is 1. The lowest BCUT2D eigenvalue weighted by Gasteiger charge is -2.06. The molecule has 0 saturated carbocycles. The average molecular weight is 224 g/mol. The number of hydrogen-bond acceptors (Lipinski definition) is 5. The minimum absolute atomic E-state index is 0.0124. The van der Waals surface area contributed by atoms with Gasteiger partial charge in [0.25, 0.3) is 0 Å². The Morgan fingerprint density at radius 2 is 2.25 bits per heavy atom. The molecule has 0 aliphatic carbocycles. The van der Waals surface area contributed by atoms with Gasteiger partial charge in [-0.15, -0.1) is 0 Å². The highest BCUT2D eigenvalue weighted by Gasteiger charge is 2.14. The van der Waals surface area contributed by atoms with Gasteiger partial charge in [0.05, 0.1) is 4.92 Å². The quantitative estimate of drug-likeness (QED) is 0.433. The van der Waals surface area contributed by atoms with Crippen LogP contribution in [-0.2, 0) is 0 Å². The van der Waals surface area contributed by atoms with Crippen molar-refractivity contribution in [2.75, 3.05) is 18.4 Å². The van der Waals surface area contributed by atoms with Gasteiger partial charge < -0.3 is 11.1 Å². The Labute approximate surface area is 94.0 Å². The third-order valence-electron chi connectivity index (χ3n) is 2.13. The summed E-state index contributed by atoms with van der Waals surface area (Å²) >= 11 is 0. The summed E-state index contributed by atoms with van der Waals surface area (Å²) in [6.45, 7) is 3.08. The SMILES string of the molecule is Cc1ccc([N+](=O)[O-])c(NCCCCN)n1. The summed E-state index contributed by atoms with van der Waals surface area (Å²) in [6.07, 6.45) is 1.77. The van der Waals surface area contributed by atoms with Crippen LogP contribution in [0.25, 0.3) is 0 Å². The molecule has 3 N–H and O–H groups in total. The highest BCUT2D eigenvalue weighted by atomic mass is 16.6. The fourth-order valence-electron chi connectivity index (χ4n) is 1.30. The van der Waals surface area contributed by atoms with Crippen LogP contribution in [0.5, 0.6) is 0 Å². The van der Waals surface area contributed by atoms with Crippen LogP contribution in [0.4, 0.5) is 11.5 Å². The van der Waals surface area contributed by atoms with E-state index < -0.39 is 4.92 Å². The molecule has 0 amide bonds. The number of rotatable bonds is 6. The number of aromatic nitrogens is 1. The number of nitrogens with one attached hydrogen (secondary N) is 1. The summed E-state index contributed by atoms with van der Waals surface area (Å²) < 4.78 is 0. The molecule has 1 aromatic rings. The maximum Gasteiger partial charge on any atom is 0.311 e. The highest BCUT2D eigenvalue weighted by Crippen LogP contribution is 2.21. The fourth-order valence-corrected chi connectivity index (χ4v) is 1.30. The van der Waals surface area contributed by atoms with Crippen LogP contribution in [0, 0.1) is 17.0 Å². The first-order valence-electron chi connectivity index (χ1n) is 5.21. The van der Waals surface area contributed by atoms with Gasteiger partial charge in [-0.3, -0.25) is 10.1 Å². The molecular weight excluding hydrogens is 208 g/mol. The molecule has 0 fully saturated rings. The van der Waals surface area contributed by atoms with Crippen LogP contribution in [0.1, 0.15) is 18.5 Å². The molecule has 0 spiro atoms. The van der Waals surface area contributed by atoms with Crippen molar-refractivity contribution in [1.82, 2.24) is 4.98 Å². The zero-order valence-electron chi connectivity index (χ0n) is 9.27. The first kappa shape index (κ1) is 12.4. The van der Waals surface area contributed by atoms with Crippen molar-refractivity contribution >= 4 is 11.5 Å². The highest BCUT2D eigenvalue weighted by molar-refractivity contribution is 5.55. The predicted molar refractivity (Wildman–Crippen MR) is 62.4 cm³/mol. The van der Waals surface area contributed by atoms with Gasteiger partial charge in [0.2, 0.25) is 5.82 Å². The van der Waals surface area contributed by atoms with Gasteiger partial charge in [-0.05, 0) is 32.4 Å². The van der Waals surface area contributed by atoms with E-state index in [1.807, 2.05) is 0 Å². The molecule has 6 nitrogen and oxygen atoms in total. The smallest absolute Gasteiger partial charge is 0.311 e. The lowest BCUT2D eigenvalue weighted by molar-refractivity contribution is -0.384. The summed E-state index contributed by atoms with van der Waals surface area (Å²) in [5.74, 6) is 0.335. The van der Waals surface area contributed by atoms with Crippen LogP contribution in [0.3, 0.4) is 0 Å². The molecule has 88 valence electrons. The largest absolute Gasteiger partial charge is 0.364 e. The van der Waals surface area contributed by atoms with Gasteiger partial charge in [0.15, 0.2) is 0 Å². The lowest BCUT2D eigenvalue weighted by atomic mass is 10.3. The molecule has 0 aliphatic heterocycles. The normalized spacial score (nSPS) is 10.1. The van der Waals surface area contributed by atoms with E-state index in [-0.39, 0.29) is 5.69 Å². The van der Waals surface area contributed by atoms with Gasteiger partial charge in [0.1, 0.15) is 0 Å². The van der Waals surface area contributed by atoms with E-state index in [2.05, 4.69) is 10.3 Å². The second-order valence-corrected chi connectivity index (χ2v) is 3.50. The van der Waals surface area contributed by atoms with E-state index in [1.165, 1.54) is 6.07 Å². The minimum atomic E-state index is -0.433. The number of anilines is 1. The third-order valence-corrected chi connectivity index (χ3v) is 2.13. The number of nitrogens with two attached hydrogens (primary N) is 1. The summed E-state index contributed by atoms with van der Waals surface area (Å²) in [5.41, 5.74) is 6.13. The van der Waals surface area contributed by atoms with Gasteiger partial charge >= 0.3 is 5.69 Å². The molecule has 0 aromatic carbocycles. The summed E-state index contributed by atoms with van der Waals surface area (Å²) in [4.78, 5) is 14.4. The number of hydrogen-bond donors (Lipinski definition) is 2. The summed E-state index contributed by atoms with van der Waals surface area (Å²) in [6, 6.07) is 3.09. The first-order valence-corrected chi connectivity index (χ1v) is 5.21. The fraction of sp³-hybridized carbons (Fsp3) is 0.500. The molecule has 0 atom stereocenters. The van der Waals surface area contributed by atoms with Crippen molar-refractivity contribution in [2.24, 2.45) is 5.73 Å². The van der Waals surface area contributed by atoms with Gasteiger partial charge in [-0.2, -0.15) is 0 Å². The van der Waals surface area contributed by atoms with Crippen molar-refractivity contribution in [1.29, 1.82) is 0 Å². The molecule has 16 heavy (non-hydrogen) atoms. The Balaban J connectivity index is 2.68. The van der Waals surface area contributed by atoms with Gasteiger partial charge in [0, 0.05) is 18.3 Å². The van der Waals surface area contributed by atoms with E-state index in [0.717, 1.165) is 18.5 Å². The van der Waals surface area contributed by atoms with Crippen molar-refractivity contribution in [2.45, 2.75) is 19.8 Å². The van der Waals surface area contributed by atoms with Gasteiger partial charge in [-0.1, -0.05) is 0 Å². The summed E-state index contributed by atoms with van der Waals surface area (Å²) in [5, 5.41) is 13.7. The zero-order valence-corrected chi connectivity index (χ0v) is 9.27. The van der Waals surface area contributed by atoms with Gasteiger partial charge in [-0.25, -0.2) is 4.98 Å². The first-order chi connectivity index (χ1) is 7.65. The summed E-state index contributed by atoms with van der Waals surface area (Å²) in [7, 11) is 0. The van der Waals surface area contributed by atoms with E-state index in [4.69, 9.17) is 5.73 Å². The van der Waals surface area contributed by atoms with Crippen molar-refractivity contribution < 1.29 is 4.92 Å². The van der Waals surface area contributed by atoms with Crippen molar-refractivity contribution in [3.8, 4) is 0 Å². The average Bonchev–Trinajstić information content (AvgIpc) is 2.24. The van der Waals surface area contributed by atoms with E-state index in [9.17, 15) is 10.1 Å². The Morgan fingerprint density at radius 3 is 2.88 bits per heavy atom. The molecule has 1 heterocycles. The third kappa shape index (κ3) is 3.47. The number of pyridine rings is 1. The second kappa shape index (κ2) is 6.02. The molecular formula is C10H16N4O2. The van der Waals surface area contributed by atoms with Crippen LogP contribution in [0.15, 0.2) is 12.1 Å². The Hall–Kier alpha value is -1.69. The van der Waals surface area contributed by atoms with Crippen molar-refractivity contribution in [3.63, 3.8) is 0 Å². The molecule has 0 saturated heterocycles. The Morgan fingerprint density at radius 1 is 1.50 bits per heavy atom. The van der Waals surface area contributed by atoms with Crippen LogP contribution in [0.2, 0.25) is 0 Å². The maximum atomic E-state index is 10.7. The number of unbranched alkanes of at least 4 members (excludes halogenated alkanes) is 1.